The molecule has 0 saturated heterocycles. The highest BCUT2D eigenvalue weighted by atomic mass is 35.5. The number of hydrogen-bond donors (Lipinski definition) is 1. The summed E-state index contributed by atoms with van der Waals surface area (Å²) in [5.41, 5.74) is -0.114. The molecular weight excluding hydrogens is 222 g/mol. The lowest BCUT2D eigenvalue weighted by molar-refractivity contribution is -0.141. The zero-order chi connectivity index (χ0) is 11.4. The molecule has 0 spiro atoms. The molecule has 0 unspecified atom stereocenters. The van der Waals surface area contributed by atoms with Crippen LogP contribution >= 0.6 is 11.6 Å². The Morgan fingerprint density at radius 2 is 2.40 bits per heavy atom. The minimum Gasteiger partial charge on any atom is -0.468 e. The summed E-state index contributed by atoms with van der Waals surface area (Å²) in [5.74, 6) is -0.558. The van der Waals surface area contributed by atoms with E-state index in [0.717, 1.165) is 4.68 Å². The van der Waals surface area contributed by atoms with Gasteiger partial charge >= 0.3 is 5.97 Å². The average Bonchev–Trinajstić information content (AvgIpc) is 2.25. The lowest BCUT2D eigenvalue weighted by Gasteiger charge is -2.06. The number of halogens is 1. The Morgan fingerprint density at radius 3 is 2.93 bits per heavy atom. The van der Waals surface area contributed by atoms with Gasteiger partial charge in [0.1, 0.15) is 11.6 Å². The van der Waals surface area contributed by atoms with Gasteiger partial charge in [0.25, 0.3) is 5.56 Å². The fourth-order valence-electron chi connectivity index (χ4n) is 0.939. The van der Waals surface area contributed by atoms with Crippen LogP contribution in [0, 0.1) is 0 Å². The van der Waals surface area contributed by atoms with Crippen LogP contribution in [0.2, 0.25) is 5.02 Å². The second kappa shape index (κ2) is 4.79. The van der Waals surface area contributed by atoms with Crippen LogP contribution in [0.15, 0.2) is 11.0 Å². The molecule has 15 heavy (non-hydrogen) atoms. The number of carbonyl (C=O) groups excluding carboxylic acids is 1. The molecule has 7 heteroatoms. The number of ether oxygens (including phenoxy) is 1. The summed E-state index contributed by atoms with van der Waals surface area (Å²) in [5, 5.41) is 6.46. The standard InChI is InChI=1S/C8H10ClN3O3/c1-10-5-3-11-12(4-6(13)15-2)8(14)7(5)9/h3,10H,4H2,1-2H3. The number of anilines is 1. The van der Waals surface area contributed by atoms with Crippen molar-refractivity contribution in [1.29, 1.82) is 0 Å². The molecule has 1 rings (SSSR count). The molecule has 0 fully saturated rings. The molecule has 0 bridgehead atoms. The molecule has 6 nitrogen and oxygen atoms in total. The van der Waals surface area contributed by atoms with Gasteiger partial charge in [-0.1, -0.05) is 11.6 Å². The zero-order valence-electron chi connectivity index (χ0n) is 8.28. The van der Waals surface area contributed by atoms with E-state index in [1.165, 1.54) is 13.3 Å². The van der Waals surface area contributed by atoms with Crippen molar-refractivity contribution in [2.75, 3.05) is 19.5 Å². The minimum atomic E-state index is -0.558. The van der Waals surface area contributed by atoms with Crippen LogP contribution in [0.25, 0.3) is 0 Å². The number of nitrogens with one attached hydrogen (secondary N) is 1. The van der Waals surface area contributed by atoms with Gasteiger partial charge in [0, 0.05) is 7.05 Å². The summed E-state index contributed by atoms with van der Waals surface area (Å²) in [6.45, 7) is -0.251. The predicted molar refractivity (Wildman–Crippen MR) is 55.1 cm³/mol. The van der Waals surface area contributed by atoms with Crippen LogP contribution in [0.1, 0.15) is 0 Å². The second-order valence-corrected chi connectivity index (χ2v) is 3.04. The Kier molecular flexibility index (Phi) is 3.68. The number of rotatable bonds is 3. The van der Waals surface area contributed by atoms with Crippen molar-refractivity contribution in [3.05, 3.63) is 21.6 Å². The molecule has 0 atom stereocenters. The van der Waals surface area contributed by atoms with Crippen molar-refractivity contribution >= 4 is 23.3 Å². The normalized spacial score (nSPS) is 9.80. The number of carbonyl (C=O) groups is 1. The Hall–Kier alpha value is -1.56. The maximum atomic E-state index is 11.5. The Bertz CT molecular complexity index is 430. The van der Waals surface area contributed by atoms with E-state index in [9.17, 15) is 9.59 Å². The van der Waals surface area contributed by atoms with E-state index in [2.05, 4.69) is 15.2 Å². The molecule has 1 heterocycles. The van der Waals surface area contributed by atoms with Gasteiger partial charge in [0.05, 0.1) is 19.0 Å². The SMILES string of the molecule is CNc1cnn(CC(=O)OC)c(=O)c1Cl. The van der Waals surface area contributed by atoms with E-state index < -0.39 is 11.5 Å². The summed E-state index contributed by atoms with van der Waals surface area (Å²) in [4.78, 5) is 22.4. The van der Waals surface area contributed by atoms with Crippen LogP contribution in [-0.4, -0.2) is 29.9 Å². The van der Waals surface area contributed by atoms with Crippen LogP contribution < -0.4 is 10.9 Å². The van der Waals surface area contributed by atoms with Crippen molar-refractivity contribution in [2.45, 2.75) is 6.54 Å². The minimum absolute atomic E-state index is 0.00333. The fourth-order valence-corrected chi connectivity index (χ4v) is 1.18. The molecule has 0 radical (unpaired) electrons. The summed E-state index contributed by atoms with van der Waals surface area (Å²) in [6.07, 6.45) is 1.37. The van der Waals surface area contributed by atoms with E-state index in [4.69, 9.17) is 11.6 Å². The molecule has 1 N–H and O–H groups in total. The summed E-state index contributed by atoms with van der Waals surface area (Å²) in [6, 6.07) is 0. The average molecular weight is 232 g/mol. The van der Waals surface area contributed by atoms with Gasteiger partial charge in [-0.2, -0.15) is 5.10 Å². The quantitative estimate of drug-likeness (QED) is 0.748. The largest absolute Gasteiger partial charge is 0.468 e. The van der Waals surface area contributed by atoms with Crippen molar-refractivity contribution in [3.8, 4) is 0 Å². The molecule has 0 aliphatic rings. The highest BCUT2D eigenvalue weighted by Gasteiger charge is 2.10. The van der Waals surface area contributed by atoms with Crippen molar-refractivity contribution in [2.24, 2.45) is 0 Å². The van der Waals surface area contributed by atoms with Crippen LogP contribution in [0.4, 0.5) is 5.69 Å². The first-order valence-electron chi connectivity index (χ1n) is 4.10. The molecule has 0 aromatic carbocycles. The van der Waals surface area contributed by atoms with Crippen molar-refractivity contribution in [3.63, 3.8) is 0 Å². The summed E-state index contributed by atoms with van der Waals surface area (Å²) < 4.78 is 5.35. The third-order valence-electron chi connectivity index (χ3n) is 1.76. The number of esters is 1. The highest BCUT2D eigenvalue weighted by Crippen LogP contribution is 2.13. The monoisotopic (exact) mass is 231 g/mol. The van der Waals surface area contributed by atoms with Crippen molar-refractivity contribution in [1.82, 2.24) is 9.78 Å². The van der Waals surface area contributed by atoms with Gasteiger partial charge in [-0.3, -0.25) is 9.59 Å². The van der Waals surface area contributed by atoms with E-state index in [0.29, 0.717) is 5.69 Å². The molecule has 0 amide bonds. The molecule has 82 valence electrons. The number of methoxy groups -OCH3 is 1. The Morgan fingerprint density at radius 1 is 1.73 bits per heavy atom. The van der Waals surface area contributed by atoms with Crippen LogP contribution in [0.5, 0.6) is 0 Å². The van der Waals surface area contributed by atoms with Gasteiger partial charge in [0.15, 0.2) is 0 Å². The maximum Gasteiger partial charge on any atom is 0.327 e. The highest BCUT2D eigenvalue weighted by molar-refractivity contribution is 6.32. The predicted octanol–water partition coefficient (Wildman–Crippen LogP) is 0.111. The van der Waals surface area contributed by atoms with E-state index in [-0.39, 0.29) is 11.6 Å². The van der Waals surface area contributed by atoms with Gasteiger partial charge < -0.3 is 10.1 Å². The Balaban J connectivity index is 3.07. The molecule has 0 aliphatic heterocycles. The van der Waals surface area contributed by atoms with E-state index >= 15 is 0 Å². The van der Waals surface area contributed by atoms with Gasteiger partial charge in [-0.25, -0.2) is 4.68 Å². The van der Waals surface area contributed by atoms with Gasteiger partial charge in [-0.05, 0) is 0 Å². The summed E-state index contributed by atoms with van der Waals surface area (Å²) in [7, 11) is 2.85. The smallest absolute Gasteiger partial charge is 0.327 e. The van der Waals surface area contributed by atoms with Crippen LogP contribution in [0.3, 0.4) is 0 Å². The van der Waals surface area contributed by atoms with Gasteiger partial charge in [-0.15, -0.1) is 0 Å². The molecule has 1 aromatic rings. The van der Waals surface area contributed by atoms with Crippen LogP contribution in [-0.2, 0) is 16.1 Å². The first-order valence-corrected chi connectivity index (χ1v) is 4.48. The molecule has 0 aliphatic carbocycles. The first-order chi connectivity index (χ1) is 7.10. The Labute approximate surface area is 90.8 Å². The summed E-state index contributed by atoms with van der Waals surface area (Å²) >= 11 is 5.74. The fraction of sp³-hybridized carbons (Fsp3) is 0.375. The van der Waals surface area contributed by atoms with E-state index in [1.54, 1.807) is 7.05 Å². The topological polar surface area (TPSA) is 73.2 Å². The van der Waals surface area contributed by atoms with Crippen molar-refractivity contribution < 1.29 is 9.53 Å². The lowest BCUT2D eigenvalue weighted by Crippen LogP contribution is -2.27. The molecular formula is C8H10ClN3O3. The lowest BCUT2D eigenvalue weighted by atomic mass is 10.4. The number of aromatic nitrogens is 2. The van der Waals surface area contributed by atoms with Gasteiger partial charge in [0.2, 0.25) is 0 Å². The van der Waals surface area contributed by atoms with E-state index in [1.807, 2.05) is 0 Å². The molecule has 0 saturated carbocycles. The third kappa shape index (κ3) is 2.47. The number of nitrogens with zero attached hydrogens (tertiary/aromatic N) is 2. The number of hydrogen-bond acceptors (Lipinski definition) is 5. The first kappa shape index (κ1) is 11.5. The second-order valence-electron chi connectivity index (χ2n) is 2.66. The molecule has 1 aromatic heterocycles. The zero-order valence-corrected chi connectivity index (χ0v) is 9.04. The third-order valence-corrected chi connectivity index (χ3v) is 2.13. The maximum absolute atomic E-state index is 11.5.